The van der Waals surface area contributed by atoms with Crippen molar-refractivity contribution in [2.24, 2.45) is 4.99 Å². The lowest BCUT2D eigenvalue weighted by atomic mass is 10.2. The first-order valence-electron chi connectivity index (χ1n) is 8.68. The van der Waals surface area contributed by atoms with E-state index >= 15 is 0 Å². The van der Waals surface area contributed by atoms with Crippen LogP contribution in [0.3, 0.4) is 0 Å². The fourth-order valence-corrected chi connectivity index (χ4v) is 4.80. The lowest BCUT2D eigenvalue weighted by Gasteiger charge is -2.23. The van der Waals surface area contributed by atoms with E-state index in [-0.39, 0.29) is 29.5 Å². The van der Waals surface area contributed by atoms with Crippen LogP contribution < -0.4 is 5.32 Å². The summed E-state index contributed by atoms with van der Waals surface area (Å²) in [7, 11) is 0. The van der Waals surface area contributed by atoms with E-state index in [1.165, 1.54) is 11.8 Å². The predicted octanol–water partition coefficient (Wildman–Crippen LogP) is 4.04. The zero-order chi connectivity index (χ0) is 17.8. The van der Waals surface area contributed by atoms with Crippen LogP contribution in [0, 0.1) is 0 Å². The van der Waals surface area contributed by atoms with Gasteiger partial charge >= 0.3 is 0 Å². The summed E-state index contributed by atoms with van der Waals surface area (Å²) in [6.45, 7) is 2.62. The Bertz CT molecular complexity index is 671. The van der Waals surface area contributed by atoms with Crippen LogP contribution in [0.25, 0.3) is 0 Å². The summed E-state index contributed by atoms with van der Waals surface area (Å²) in [6, 6.07) is 7.67. The number of carbonyl (C=O) groups is 2. The van der Waals surface area contributed by atoms with Crippen molar-refractivity contribution < 1.29 is 9.59 Å². The Labute approximate surface area is 160 Å². The molecule has 0 radical (unpaired) electrons. The molecule has 2 amide bonds. The van der Waals surface area contributed by atoms with E-state index in [4.69, 9.17) is 0 Å². The van der Waals surface area contributed by atoms with Gasteiger partial charge in [-0.25, -0.2) is 0 Å². The summed E-state index contributed by atoms with van der Waals surface area (Å²) >= 11 is 4.81. The third-order valence-electron chi connectivity index (χ3n) is 4.45. The van der Waals surface area contributed by atoms with E-state index < -0.39 is 0 Å². The highest BCUT2D eigenvalue weighted by Crippen LogP contribution is 2.36. The monoisotopic (exact) mass is 423 g/mol. The number of hydrogen-bond acceptors (Lipinski definition) is 4. The first kappa shape index (κ1) is 18.5. The van der Waals surface area contributed by atoms with E-state index in [9.17, 15) is 9.59 Å². The minimum atomic E-state index is -0.374. The number of carbonyl (C=O) groups excluding carboxylic acids is 2. The van der Waals surface area contributed by atoms with Crippen molar-refractivity contribution in [2.75, 3.05) is 11.9 Å². The number of nitrogens with zero attached hydrogens (tertiary/aromatic N) is 2. The molecule has 3 rings (SSSR count). The van der Waals surface area contributed by atoms with Crippen molar-refractivity contribution >= 4 is 50.4 Å². The van der Waals surface area contributed by atoms with Crippen molar-refractivity contribution in [1.82, 2.24) is 4.90 Å². The van der Waals surface area contributed by atoms with E-state index in [0.29, 0.717) is 6.54 Å². The molecule has 5 nitrogen and oxygen atoms in total. The van der Waals surface area contributed by atoms with Gasteiger partial charge in [-0.3, -0.25) is 19.5 Å². The minimum Gasteiger partial charge on any atom is -0.326 e. The van der Waals surface area contributed by atoms with Crippen LogP contribution >= 0.6 is 27.7 Å². The molecule has 1 atom stereocenters. The van der Waals surface area contributed by atoms with E-state index in [1.54, 1.807) is 0 Å². The average molecular weight is 424 g/mol. The fraction of sp³-hybridized carbons (Fsp3) is 0.500. The van der Waals surface area contributed by atoms with Gasteiger partial charge in [0.05, 0.1) is 0 Å². The van der Waals surface area contributed by atoms with Crippen LogP contribution in [-0.2, 0) is 9.59 Å². The van der Waals surface area contributed by atoms with Gasteiger partial charge in [0.25, 0.3) is 0 Å². The number of thioether (sulfide) groups is 1. The molecule has 0 bridgehead atoms. The second kappa shape index (κ2) is 8.36. The Kier molecular flexibility index (Phi) is 6.17. The summed E-state index contributed by atoms with van der Waals surface area (Å²) in [4.78, 5) is 31.6. The fourth-order valence-electron chi connectivity index (χ4n) is 3.27. The Morgan fingerprint density at radius 2 is 2.00 bits per heavy atom. The second-order valence-corrected chi connectivity index (χ2v) is 8.35. The zero-order valence-corrected chi connectivity index (χ0v) is 16.6. The maximum Gasteiger partial charge on any atom is 0.242 e. The number of rotatable bonds is 5. The number of halogens is 1. The van der Waals surface area contributed by atoms with Gasteiger partial charge in [-0.05, 0) is 44.0 Å². The molecule has 2 fully saturated rings. The molecular weight excluding hydrogens is 402 g/mol. The van der Waals surface area contributed by atoms with Gasteiger partial charge in [-0.15, -0.1) is 0 Å². The Morgan fingerprint density at radius 1 is 1.32 bits per heavy atom. The van der Waals surface area contributed by atoms with Crippen LogP contribution in [0.5, 0.6) is 0 Å². The third-order valence-corrected chi connectivity index (χ3v) is 6.17. The highest BCUT2D eigenvalue weighted by atomic mass is 79.9. The van der Waals surface area contributed by atoms with Crippen molar-refractivity contribution in [3.8, 4) is 0 Å². The van der Waals surface area contributed by atoms with Crippen LogP contribution in [0.2, 0.25) is 0 Å². The molecule has 134 valence electrons. The normalized spacial score (nSPS) is 22.8. The largest absolute Gasteiger partial charge is 0.326 e. The van der Waals surface area contributed by atoms with Gasteiger partial charge in [0.2, 0.25) is 11.8 Å². The molecule has 0 spiro atoms. The van der Waals surface area contributed by atoms with Crippen molar-refractivity contribution in [3.63, 3.8) is 0 Å². The standard InChI is InChI=1S/C18H22BrN3O2S/c1-2-20-18-22(14-5-3-4-6-14)17(24)15(25-18)11-16(23)21-13-9-7-12(19)8-10-13/h7-10,14-15H,2-6,11H2,1H3,(H,21,23)/t15-/m0/s1. The Morgan fingerprint density at radius 3 is 2.64 bits per heavy atom. The summed E-state index contributed by atoms with van der Waals surface area (Å²) < 4.78 is 0.958. The number of nitrogens with one attached hydrogen (secondary N) is 1. The maximum absolute atomic E-state index is 12.8. The molecule has 25 heavy (non-hydrogen) atoms. The Hall–Kier alpha value is -1.34. The second-order valence-electron chi connectivity index (χ2n) is 6.27. The molecular formula is C18H22BrN3O2S. The summed E-state index contributed by atoms with van der Waals surface area (Å²) in [5.41, 5.74) is 0.735. The smallest absolute Gasteiger partial charge is 0.242 e. The lowest BCUT2D eigenvalue weighted by Crippen LogP contribution is -2.40. The molecule has 7 heteroatoms. The molecule has 1 N–H and O–H groups in total. The summed E-state index contributed by atoms with van der Waals surface area (Å²) in [6.07, 6.45) is 4.56. The number of hydrogen-bond donors (Lipinski definition) is 1. The summed E-state index contributed by atoms with van der Waals surface area (Å²) in [5, 5.41) is 3.28. The number of benzene rings is 1. The SMILES string of the molecule is CCN=C1S[C@@H](CC(=O)Nc2ccc(Br)cc2)C(=O)N1C1CCCC1. The molecule has 2 aliphatic rings. The highest BCUT2D eigenvalue weighted by Gasteiger charge is 2.43. The number of aliphatic imine (C=N–C) groups is 1. The number of amidine groups is 1. The molecule has 1 aromatic rings. The predicted molar refractivity (Wildman–Crippen MR) is 106 cm³/mol. The van der Waals surface area contributed by atoms with Gasteiger partial charge in [0.1, 0.15) is 5.25 Å². The first-order valence-corrected chi connectivity index (χ1v) is 10.4. The number of anilines is 1. The quantitative estimate of drug-likeness (QED) is 0.776. The first-order chi connectivity index (χ1) is 12.1. The van der Waals surface area contributed by atoms with Gasteiger partial charge in [0.15, 0.2) is 5.17 Å². The van der Waals surface area contributed by atoms with Gasteiger partial charge < -0.3 is 5.32 Å². The molecule has 1 heterocycles. The molecule has 1 aliphatic heterocycles. The van der Waals surface area contributed by atoms with Crippen LogP contribution in [0.15, 0.2) is 33.7 Å². The lowest BCUT2D eigenvalue weighted by molar-refractivity contribution is -0.129. The average Bonchev–Trinajstić information content (AvgIpc) is 3.19. The topological polar surface area (TPSA) is 61.8 Å². The Balaban J connectivity index is 1.65. The molecule has 1 aromatic carbocycles. The minimum absolute atomic E-state index is 0.0371. The third kappa shape index (κ3) is 4.44. The molecule has 0 unspecified atom stereocenters. The van der Waals surface area contributed by atoms with Gasteiger partial charge in [0, 0.05) is 29.2 Å². The maximum atomic E-state index is 12.8. The molecule has 1 saturated carbocycles. The van der Waals surface area contributed by atoms with Crippen molar-refractivity contribution in [2.45, 2.75) is 50.3 Å². The van der Waals surface area contributed by atoms with Crippen LogP contribution in [-0.4, -0.2) is 39.7 Å². The van der Waals surface area contributed by atoms with Crippen molar-refractivity contribution in [3.05, 3.63) is 28.7 Å². The highest BCUT2D eigenvalue weighted by molar-refractivity contribution is 9.10. The molecule has 1 aliphatic carbocycles. The van der Waals surface area contributed by atoms with Crippen LogP contribution in [0.4, 0.5) is 5.69 Å². The number of amides is 2. The van der Waals surface area contributed by atoms with Gasteiger partial charge in [-0.2, -0.15) is 0 Å². The van der Waals surface area contributed by atoms with Gasteiger partial charge in [-0.1, -0.05) is 40.5 Å². The zero-order valence-electron chi connectivity index (χ0n) is 14.2. The van der Waals surface area contributed by atoms with E-state index in [2.05, 4.69) is 26.2 Å². The molecule has 0 aromatic heterocycles. The summed E-state index contributed by atoms with van der Waals surface area (Å²) in [5.74, 6) is -0.104. The van der Waals surface area contributed by atoms with Crippen LogP contribution in [0.1, 0.15) is 39.0 Å². The molecule has 1 saturated heterocycles. The van der Waals surface area contributed by atoms with E-state index in [1.807, 2.05) is 36.1 Å². The van der Waals surface area contributed by atoms with E-state index in [0.717, 1.165) is 41.0 Å². The van der Waals surface area contributed by atoms with Crippen molar-refractivity contribution in [1.29, 1.82) is 0 Å².